The fourth-order valence-corrected chi connectivity index (χ4v) is 1.40. The van der Waals surface area contributed by atoms with Gasteiger partial charge in [-0.05, 0) is 13.8 Å². The van der Waals surface area contributed by atoms with E-state index in [0.29, 0.717) is 0 Å². The molecule has 1 rings (SSSR count). The molecule has 0 unspecified atom stereocenters. The second-order valence-corrected chi connectivity index (χ2v) is 3.45. The molecule has 0 spiro atoms. The van der Waals surface area contributed by atoms with Gasteiger partial charge in [-0.2, -0.15) is 0 Å². The van der Waals surface area contributed by atoms with Gasteiger partial charge in [0.25, 0.3) is 0 Å². The second-order valence-electron chi connectivity index (χ2n) is 3.45. The fourth-order valence-electron chi connectivity index (χ4n) is 1.40. The Hall–Kier alpha value is -0.160. The summed E-state index contributed by atoms with van der Waals surface area (Å²) < 4.78 is 4.96. The van der Waals surface area contributed by atoms with E-state index in [9.17, 15) is 5.11 Å². The van der Waals surface area contributed by atoms with Crippen molar-refractivity contribution >= 4 is 0 Å². The van der Waals surface area contributed by atoms with Crippen LogP contribution in [0.25, 0.3) is 0 Å². The lowest BCUT2D eigenvalue weighted by molar-refractivity contribution is -0.215. The number of aliphatic hydroxyl groups excluding tert-OH is 2. The van der Waals surface area contributed by atoms with Crippen LogP contribution in [0.3, 0.4) is 0 Å². The van der Waals surface area contributed by atoms with Crippen LogP contribution in [-0.2, 0) is 4.74 Å². The Morgan fingerprint density at radius 1 is 1.55 bits per heavy atom. The number of ether oxygens (including phenoxy) is 1. The molecule has 0 aromatic heterocycles. The molecule has 0 aliphatic carbocycles. The third-order valence-corrected chi connectivity index (χ3v) is 2.11. The Labute approximate surface area is 66.0 Å². The molecule has 0 amide bonds. The third kappa shape index (κ3) is 1.70. The van der Waals surface area contributed by atoms with Crippen molar-refractivity contribution in [2.24, 2.45) is 5.73 Å². The highest BCUT2D eigenvalue weighted by Gasteiger charge is 2.40. The molecule has 4 N–H and O–H groups in total. The van der Waals surface area contributed by atoms with Crippen LogP contribution in [0.15, 0.2) is 0 Å². The van der Waals surface area contributed by atoms with Crippen LogP contribution in [0.5, 0.6) is 0 Å². The van der Waals surface area contributed by atoms with Crippen LogP contribution >= 0.6 is 0 Å². The van der Waals surface area contributed by atoms with Crippen molar-refractivity contribution in [1.29, 1.82) is 0 Å². The van der Waals surface area contributed by atoms with E-state index in [0.717, 1.165) is 0 Å². The Morgan fingerprint density at radius 3 is 2.55 bits per heavy atom. The molecule has 4 heteroatoms. The lowest BCUT2D eigenvalue weighted by atomic mass is 9.86. The molecule has 1 aliphatic heterocycles. The molecular weight excluding hydrogens is 146 g/mol. The zero-order valence-electron chi connectivity index (χ0n) is 6.82. The van der Waals surface area contributed by atoms with Gasteiger partial charge in [0.1, 0.15) is 0 Å². The average Bonchev–Trinajstić information content (AvgIpc) is 1.81. The smallest absolute Gasteiger partial charge is 0.156 e. The first-order valence-corrected chi connectivity index (χ1v) is 3.74. The van der Waals surface area contributed by atoms with Gasteiger partial charge in [0.05, 0.1) is 12.2 Å². The third-order valence-electron chi connectivity index (χ3n) is 2.11. The van der Waals surface area contributed by atoms with Crippen LogP contribution < -0.4 is 5.73 Å². The molecule has 4 atom stereocenters. The average molecular weight is 161 g/mol. The molecule has 0 radical (unpaired) electrons. The number of rotatable bonds is 0. The van der Waals surface area contributed by atoms with Gasteiger partial charge in [-0.3, -0.25) is 0 Å². The normalized spacial score (nSPS) is 52.6. The van der Waals surface area contributed by atoms with Crippen molar-refractivity contribution in [3.63, 3.8) is 0 Å². The van der Waals surface area contributed by atoms with Crippen LogP contribution in [0.1, 0.15) is 20.3 Å². The predicted octanol–water partition coefficient (Wildman–Crippen LogP) is -0.808. The Morgan fingerprint density at radius 2 is 2.09 bits per heavy atom. The van der Waals surface area contributed by atoms with Crippen LogP contribution in [-0.4, -0.2) is 34.2 Å². The van der Waals surface area contributed by atoms with Gasteiger partial charge in [-0.15, -0.1) is 0 Å². The number of hydrogen-bond acceptors (Lipinski definition) is 4. The molecule has 0 aromatic rings. The van der Waals surface area contributed by atoms with Gasteiger partial charge in [-0.1, -0.05) is 0 Å². The van der Waals surface area contributed by atoms with E-state index in [4.69, 9.17) is 15.6 Å². The summed E-state index contributed by atoms with van der Waals surface area (Å²) in [5, 5.41) is 18.6. The first kappa shape index (κ1) is 8.93. The fraction of sp³-hybridized carbons (Fsp3) is 1.00. The number of aliphatic hydroxyl groups is 2. The first-order valence-electron chi connectivity index (χ1n) is 3.74. The molecule has 1 heterocycles. The van der Waals surface area contributed by atoms with E-state index in [1.54, 1.807) is 13.8 Å². The van der Waals surface area contributed by atoms with Gasteiger partial charge in [-0.25, -0.2) is 0 Å². The number of hydrogen-bond donors (Lipinski definition) is 3. The summed E-state index contributed by atoms with van der Waals surface area (Å²) in [7, 11) is 0. The molecule has 11 heavy (non-hydrogen) atoms. The minimum Gasteiger partial charge on any atom is -0.389 e. The van der Waals surface area contributed by atoms with Gasteiger partial charge in [0.2, 0.25) is 0 Å². The summed E-state index contributed by atoms with van der Waals surface area (Å²) in [6, 6.07) is 0. The van der Waals surface area contributed by atoms with Crippen LogP contribution in [0.2, 0.25) is 0 Å². The highest BCUT2D eigenvalue weighted by Crippen LogP contribution is 2.25. The van der Waals surface area contributed by atoms with E-state index in [-0.39, 0.29) is 6.42 Å². The summed E-state index contributed by atoms with van der Waals surface area (Å²) in [5.74, 6) is 0. The van der Waals surface area contributed by atoms with Crippen molar-refractivity contribution < 1.29 is 14.9 Å². The molecule has 0 bridgehead atoms. The quantitative estimate of drug-likeness (QED) is 0.434. The summed E-state index contributed by atoms with van der Waals surface area (Å²) in [6.45, 7) is 3.40. The van der Waals surface area contributed by atoms with E-state index in [1.165, 1.54) is 0 Å². The molecule has 1 aliphatic rings. The molecule has 1 saturated heterocycles. The lowest BCUT2D eigenvalue weighted by Crippen LogP contribution is -2.59. The minimum atomic E-state index is -0.844. The first-order chi connectivity index (χ1) is 4.93. The van der Waals surface area contributed by atoms with Gasteiger partial charge in [0.15, 0.2) is 6.29 Å². The maximum Gasteiger partial charge on any atom is 0.156 e. The van der Waals surface area contributed by atoms with Gasteiger partial charge < -0.3 is 20.7 Å². The van der Waals surface area contributed by atoms with Gasteiger partial charge in [0, 0.05) is 12.0 Å². The lowest BCUT2D eigenvalue weighted by Gasteiger charge is -2.41. The van der Waals surface area contributed by atoms with Gasteiger partial charge >= 0.3 is 0 Å². The van der Waals surface area contributed by atoms with E-state index in [1.807, 2.05) is 0 Å². The highest BCUT2D eigenvalue weighted by atomic mass is 16.6. The molecule has 0 saturated carbocycles. The van der Waals surface area contributed by atoms with E-state index >= 15 is 0 Å². The molecular formula is C7H15NO3. The summed E-state index contributed by atoms with van der Waals surface area (Å²) >= 11 is 0. The predicted molar refractivity (Wildman–Crippen MR) is 39.8 cm³/mol. The van der Waals surface area contributed by atoms with Crippen LogP contribution in [0.4, 0.5) is 0 Å². The molecule has 4 nitrogen and oxygen atoms in total. The zero-order chi connectivity index (χ0) is 8.65. The van der Waals surface area contributed by atoms with Crippen molar-refractivity contribution in [3.05, 3.63) is 0 Å². The standard InChI is InChI=1S/C7H15NO3/c1-4-6(10)7(2,8)3-5(9)11-4/h4-6,9-10H,3,8H2,1-2H3/t4-,5-,6-,7-/m1/s1. The Kier molecular flexibility index (Phi) is 2.20. The zero-order valence-corrected chi connectivity index (χ0v) is 6.82. The van der Waals surface area contributed by atoms with Crippen molar-refractivity contribution in [2.45, 2.75) is 44.3 Å². The monoisotopic (exact) mass is 161 g/mol. The summed E-state index contributed by atoms with van der Waals surface area (Å²) in [6.07, 6.45) is -1.67. The minimum absolute atomic E-state index is 0.276. The van der Waals surface area contributed by atoms with Crippen molar-refractivity contribution in [1.82, 2.24) is 0 Å². The maximum absolute atomic E-state index is 9.46. The molecule has 1 fully saturated rings. The maximum atomic E-state index is 9.46. The van der Waals surface area contributed by atoms with Crippen LogP contribution in [0, 0.1) is 0 Å². The van der Waals surface area contributed by atoms with Crippen molar-refractivity contribution in [3.8, 4) is 0 Å². The number of nitrogens with two attached hydrogens (primary N) is 1. The van der Waals surface area contributed by atoms with Crippen molar-refractivity contribution in [2.75, 3.05) is 0 Å². The Balaban J connectivity index is 2.67. The van der Waals surface area contributed by atoms with E-state index in [2.05, 4.69) is 0 Å². The molecule has 0 aromatic carbocycles. The largest absolute Gasteiger partial charge is 0.389 e. The summed E-state index contributed by atoms with van der Waals surface area (Å²) in [4.78, 5) is 0. The SMILES string of the molecule is C[C@H]1O[C@@H](O)C[C@@](C)(N)[C@@H]1O. The topological polar surface area (TPSA) is 75.7 Å². The Bertz CT molecular complexity index is 149. The molecule has 66 valence electrons. The second kappa shape index (κ2) is 2.71. The summed E-state index contributed by atoms with van der Waals surface area (Å²) in [5.41, 5.74) is 4.97. The van der Waals surface area contributed by atoms with E-state index < -0.39 is 24.0 Å². The highest BCUT2D eigenvalue weighted by molar-refractivity contribution is 4.94.